The van der Waals surface area contributed by atoms with Crippen molar-refractivity contribution in [3.63, 3.8) is 0 Å². The molecule has 2 aliphatic heterocycles. The Hall–Kier alpha value is -1.59. The van der Waals surface area contributed by atoms with Crippen molar-refractivity contribution in [1.29, 1.82) is 0 Å². The fourth-order valence-electron chi connectivity index (χ4n) is 2.83. The highest BCUT2D eigenvalue weighted by Crippen LogP contribution is 2.39. The molecule has 114 valence electrons. The van der Waals surface area contributed by atoms with Gasteiger partial charge in [0.25, 0.3) is 0 Å². The van der Waals surface area contributed by atoms with E-state index in [4.69, 9.17) is 9.47 Å². The normalized spacial score (nSPS) is 19.9. The molecule has 0 saturated carbocycles. The molecular formula is C16H21NO4. The number of ether oxygens (including phenoxy) is 2. The molecule has 1 N–H and O–H groups in total. The summed E-state index contributed by atoms with van der Waals surface area (Å²) in [6, 6.07) is 5.69. The molecule has 2 heterocycles. The van der Waals surface area contributed by atoms with Crippen LogP contribution < -0.4 is 4.90 Å². The molecule has 1 fully saturated rings. The molecule has 1 aromatic rings. The number of aliphatic hydroxyl groups is 1. The number of anilines is 1. The van der Waals surface area contributed by atoms with E-state index in [1.807, 2.05) is 39.0 Å². The van der Waals surface area contributed by atoms with Crippen LogP contribution in [0.5, 0.6) is 0 Å². The lowest BCUT2D eigenvalue weighted by molar-refractivity contribution is -0.184. The third-order valence-corrected chi connectivity index (χ3v) is 3.82. The number of hydrogen-bond acceptors (Lipinski definition) is 4. The van der Waals surface area contributed by atoms with Crippen LogP contribution in [0.1, 0.15) is 31.9 Å². The summed E-state index contributed by atoms with van der Waals surface area (Å²) in [6.45, 7) is 6.77. The number of amides is 1. The molecule has 5 nitrogen and oxygen atoms in total. The zero-order chi connectivity index (χ0) is 15.3. The van der Waals surface area contributed by atoms with Gasteiger partial charge in [0.05, 0.1) is 18.9 Å². The van der Waals surface area contributed by atoms with E-state index in [-0.39, 0.29) is 6.09 Å². The van der Waals surface area contributed by atoms with Crippen molar-refractivity contribution in [1.82, 2.24) is 0 Å². The van der Waals surface area contributed by atoms with Crippen molar-refractivity contribution in [2.24, 2.45) is 0 Å². The predicted octanol–water partition coefficient (Wildman–Crippen LogP) is 2.20. The number of fused-ring (bicyclic) bond motifs is 1. The van der Waals surface area contributed by atoms with Gasteiger partial charge in [0, 0.05) is 6.54 Å². The number of hydrogen-bond donors (Lipinski definition) is 1. The van der Waals surface area contributed by atoms with Crippen LogP contribution in [-0.4, -0.2) is 36.6 Å². The van der Waals surface area contributed by atoms with Crippen molar-refractivity contribution < 1.29 is 19.4 Å². The number of carbonyl (C=O) groups is 1. The summed E-state index contributed by atoms with van der Waals surface area (Å²) in [5.74, 6) is 0. The molecule has 0 atom stereocenters. The summed E-state index contributed by atoms with van der Waals surface area (Å²) in [5, 5.41) is 10.5. The van der Waals surface area contributed by atoms with Gasteiger partial charge in [-0.3, -0.25) is 4.90 Å². The molecule has 21 heavy (non-hydrogen) atoms. The lowest BCUT2D eigenvalue weighted by Gasteiger charge is -2.38. The molecule has 0 spiro atoms. The minimum absolute atomic E-state index is 0.315. The summed E-state index contributed by atoms with van der Waals surface area (Å²) in [4.78, 5) is 13.9. The van der Waals surface area contributed by atoms with Crippen molar-refractivity contribution in [2.45, 2.75) is 38.4 Å². The van der Waals surface area contributed by atoms with Gasteiger partial charge in [-0.2, -0.15) is 0 Å². The van der Waals surface area contributed by atoms with Crippen LogP contribution in [-0.2, 0) is 21.5 Å². The fourth-order valence-corrected chi connectivity index (χ4v) is 2.83. The first-order valence-corrected chi connectivity index (χ1v) is 7.23. The SMILES string of the molecule is CC(C)(C)OC(=O)N1CCc2c1cccc2C1(O)COC1. The standard InChI is InChI=1S/C16H21NO4/c1-15(2,3)21-14(18)17-8-7-11-12(5-4-6-13(11)17)16(19)9-20-10-16/h4-6,19H,7-10H2,1-3H3. The zero-order valence-electron chi connectivity index (χ0n) is 12.7. The van der Waals surface area contributed by atoms with Crippen LogP contribution in [0.2, 0.25) is 0 Å². The second kappa shape index (κ2) is 4.71. The highest BCUT2D eigenvalue weighted by Gasteiger charge is 2.42. The Balaban J connectivity index is 1.90. The zero-order valence-corrected chi connectivity index (χ0v) is 12.7. The maximum Gasteiger partial charge on any atom is 0.414 e. The lowest BCUT2D eigenvalue weighted by Crippen LogP contribution is -2.47. The van der Waals surface area contributed by atoms with E-state index in [0.717, 1.165) is 23.2 Å². The third kappa shape index (κ3) is 2.51. The number of benzene rings is 1. The van der Waals surface area contributed by atoms with Crippen molar-refractivity contribution in [3.05, 3.63) is 29.3 Å². The van der Waals surface area contributed by atoms with Gasteiger partial charge in [-0.25, -0.2) is 4.79 Å². The van der Waals surface area contributed by atoms with Crippen LogP contribution in [0.25, 0.3) is 0 Å². The minimum Gasteiger partial charge on any atom is -0.443 e. The van der Waals surface area contributed by atoms with Gasteiger partial charge < -0.3 is 14.6 Å². The monoisotopic (exact) mass is 291 g/mol. The Morgan fingerprint density at radius 2 is 2.10 bits per heavy atom. The van der Waals surface area contributed by atoms with Crippen molar-refractivity contribution in [3.8, 4) is 0 Å². The summed E-state index contributed by atoms with van der Waals surface area (Å²) < 4.78 is 10.6. The molecule has 1 aromatic carbocycles. The van der Waals surface area contributed by atoms with Crippen LogP contribution in [0.15, 0.2) is 18.2 Å². The summed E-state index contributed by atoms with van der Waals surface area (Å²) in [6.07, 6.45) is 0.391. The highest BCUT2D eigenvalue weighted by molar-refractivity contribution is 5.91. The molecule has 3 rings (SSSR count). The lowest BCUT2D eigenvalue weighted by atomic mass is 9.87. The van der Waals surface area contributed by atoms with Gasteiger partial charge in [0.15, 0.2) is 0 Å². The first-order valence-electron chi connectivity index (χ1n) is 7.23. The van der Waals surface area contributed by atoms with E-state index >= 15 is 0 Å². The quantitative estimate of drug-likeness (QED) is 0.862. The van der Waals surface area contributed by atoms with Crippen LogP contribution in [0.4, 0.5) is 10.5 Å². The second-order valence-electron chi connectivity index (χ2n) is 6.71. The molecule has 1 saturated heterocycles. The van der Waals surface area contributed by atoms with E-state index in [2.05, 4.69) is 0 Å². The molecule has 0 aromatic heterocycles. The number of nitrogens with zero attached hydrogens (tertiary/aromatic N) is 1. The molecule has 5 heteroatoms. The average Bonchev–Trinajstić information content (AvgIpc) is 2.77. The Morgan fingerprint density at radius 1 is 1.38 bits per heavy atom. The largest absolute Gasteiger partial charge is 0.443 e. The number of carbonyl (C=O) groups excluding carboxylic acids is 1. The first-order chi connectivity index (χ1) is 9.80. The van der Waals surface area contributed by atoms with Crippen LogP contribution in [0, 0.1) is 0 Å². The van der Waals surface area contributed by atoms with Gasteiger partial charge in [0.1, 0.15) is 11.2 Å². The van der Waals surface area contributed by atoms with E-state index in [9.17, 15) is 9.90 Å². The van der Waals surface area contributed by atoms with Gasteiger partial charge in [-0.05, 0) is 44.4 Å². The topological polar surface area (TPSA) is 59.0 Å². The van der Waals surface area contributed by atoms with Crippen LogP contribution in [0.3, 0.4) is 0 Å². The Morgan fingerprint density at radius 3 is 2.67 bits per heavy atom. The molecule has 1 amide bonds. The van der Waals surface area contributed by atoms with Gasteiger partial charge in [-0.15, -0.1) is 0 Å². The Labute approximate surface area is 124 Å². The predicted molar refractivity (Wildman–Crippen MR) is 78.4 cm³/mol. The van der Waals surface area contributed by atoms with E-state index < -0.39 is 11.2 Å². The van der Waals surface area contributed by atoms with Crippen molar-refractivity contribution in [2.75, 3.05) is 24.7 Å². The molecule has 0 bridgehead atoms. The highest BCUT2D eigenvalue weighted by atomic mass is 16.6. The fraction of sp³-hybridized carbons (Fsp3) is 0.562. The maximum atomic E-state index is 12.3. The van der Waals surface area contributed by atoms with Crippen molar-refractivity contribution >= 4 is 11.8 Å². The smallest absolute Gasteiger partial charge is 0.414 e. The van der Waals surface area contributed by atoms with Gasteiger partial charge >= 0.3 is 6.09 Å². The third-order valence-electron chi connectivity index (χ3n) is 3.82. The summed E-state index contributed by atoms with van der Waals surface area (Å²) in [7, 11) is 0. The van der Waals surface area contributed by atoms with E-state index in [0.29, 0.717) is 19.8 Å². The second-order valence-corrected chi connectivity index (χ2v) is 6.71. The molecule has 2 aliphatic rings. The Bertz CT molecular complexity index is 572. The maximum absolute atomic E-state index is 12.3. The summed E-state index contributed by atoms with van der Waals surface area (Å²) in [5.41, 5.74) is 1.31. The Kier molecular flexibility index (Phi) is 3.22. The molecular weight excluding hydrogens is 270 g/mol. The molecule has 0 unspecified atom stereocenters. The van der Waals surface area contributed by atoms with E-state index in [1.54, 1.807) is 4.90 Å². The van der Waals surface area contributed by atoms with E-state index in [1.165, 1.54) is 0 Å². The van der Waals surface area contributed by atoms with Gasteiger partial charge in [-0.1, -0.05) is 12.1 Å². The number of rotatable bonds is 1. The molecule has 0 radical (unpaired) electrons. The first kappa shape index (κ1) is 14.4. The minimum atomic E-state index is -0.907. The summed E-state index contributed by atoms with van der Waals surface area (Å²) >= 11 is 0. The molecule has 0 aliphatic carbocycles. The average molecular weight is 291 g/mol. The van der Waals surface area contributed by atoms with Gasteiger partial charge in [0.2, 0.25) is 0 Å². The van der Waals surface area contributed by atoms with Crippen LogP contribution >= 0.6 is 0 Å².